The molecule has 1 aromatic rings. The molecule has 1 aromatic heterocycles. The summed E-state index contributed by atoms with van der Waals surface area (Å²) in [6.07, 6.45) is 6.99. The molecule has 1 heterocycles. The van der Waals surface area contributed by atoms with Gasteiger partial charge in [0, 0.05) is 12.7 Å². The normalized spacial score (nSPS) is 11.4. The quantitative estimate of drug-likeness (QED) is 0.425. The van der Waals surface area contributed by atoms with Crippen molar-refractivity contribution in [2.75, 3.05) is 0 Å². The van der Waals surface area contributed by atoms with Crippen molar-refractivity contribution < 1.29 is 0 Å². The molecule has 1 rings (SSSR count). The molecular weight excluding hydrogens is 342 g/mol. The molecule has 0 aromatic carbocycles. The van der Waals surface area contributed by atoms with Gasteiger partial charge in [0.25, 0.3) is 0 Å². The first kappa shape index (κ1) is 29.3. The van der Waals surface area contributed by atoms with Crippen LogP contribution in [0.1, 0.15) is 108 Å². The highest BCUT2D eigenvalue weighted by molar-refractivity contribution is 4.93. The van der Waals surface area contributed by atoms with Crippen LogP contribution >= 0.6 is 0 Å². The predicted molar refractivity (Wildman–Crippen MR) is 127 cm³/mol. The van der Waals surface area contributed by atoms with Crippen LogP contribution in [0.15, 0.2) is 6.20 Å². The fraction of sp³-hybridized carbons (Fsp3) is 0.920. The third-order valence-electron chi connectivity index (χ3n) is 4.02. The van der Waals surface area contributed by atoms with Crippen LogP contribution in [0.2, 0.25) is 0 Å². The van der Waals surface area contributed by atoms with Gasteiger partial charge < -0.3 is 0 Å². The number of rotatable bonds is 9. The molecule has 0 saturated carbocycles. The number of hydrogen-bond acceptors (Lipinski definition) is 2. The Morgan fingerprint density at radius 3 is 1.36 bits per heavy atom. The van der Waals surface area contributed by atoms with Gasteiger partial charge in [0.2, 0.25) is 0 Å². The average Bonchev–Trinajstić information content (AvgIpc) is 2.90. The second kappa shape index (κ2) is 17.0. The van der Waals surface area contributed by atoms with Crippen molar-refractivity contribution in [3.63, 3.8) is 0 Å². The first-order valence-electron chi connectivity index (χ1n) is 11.7. The lowest BCUT2D eigenvalue weighted by Crippen LogP contribution is -2.01. The van der Waals surface area contributed by atoms with Crippen molar-refractivity contribution >= 4 is 0 Å². The van der Waals surface area contributed by atoms with Crippen molar-refractivity contribution in [3.8, 4) is 0 Å². The largest absolute Gasteiger partial charge is 0.252 e. The molecule has 3 nitrogen and oxygen atoms in total. The first-order valence-corrected chi connectivity index (χ1v) is 11.7. The summed E-state index contributed by atoms with van der Waals surface area (Å²) < 4.78 is 1.96. The summed E-state index contributed by atoms with van der Waals surface area (Å²) in [5.41, 5.74) is 1.11. The van der Waals surface area contributed by atoms with Crippen LogP contribution < -0.4 is 0 Å². The molecule has 0 aliphatic heterocycles. The Morgan fingerprint density at radius 2 is 1.07 bits per heavy atom. The fourth-order valence-corrected chi connectivity index (χ4v) is 3.24. The zero-order valence-corrected chi connectivity index (χ0v) is 21.4. The molecule has 0 aliphatic rings. The molecule has 0 unspecified atom stereocenters. The third-order valence-corrected chi connectivity index (χ3v) is 4.02. The summed E-state index contributed by atoms with van der Waals surface area (Å²) >= 11 is 0. The first-order chi connectivity index (χ1) is 12.8. The van der Waals surface area contributed by atoms with Crippen LogP contribution in [0.25, 0.3) is 0 Å². The number of nitrogens with zero attached hydrogens (tertiary/aromatic N) is 3. The van der Waals surface area contributed by atoms with E-state index in [1.807, 2.05) is 4.68 Å². The Morgan fingerprint density at radius 1 is 0.643 bits per heavy atom. The summed E-state index contributed by atoms with van der Waals surface area (Å²) in [7, 11) is 0. The van der Waals surface area contributed by atoms with Crippen molar-refractivity contribution in [2.24, 2.45) is 35.5 Å². The zero-order chi connectivity index (χ0) is 22.3. The van der Waals surface area contributed by atoms with Crippen molar-refractivity contribution in [2.45, 2.75) is 115 Å². The van der Waals surface area contributed by atoms with E-state index in [9.17, 15) is 0 Å². The monoisotopic (exact) mass is 395 g/mol. The van der Waals surface area contributed by atoms with E-state index in [0.29, 0.717) is 5.92 Å². The van der Waals surface area contributed by atoms with E-state index in [1.165, 1.54) is 19.3 Å². The Hall–Kier alpha value is -0.860. The third kappa shape index (κ3) is 23.2. The number of hydrogen-bond donors (Lipinski definition) is 0. The zero-order valence-electron chi connectivity index (χ0n) is 21.4. The van der Waals surface area contributed by atoms with Gasteiger partial charge in [-0.1, -0.05) is 88.3 Å². The predicted octanol–water partition coefficient (Wildman–Crippen LogP) is 7.90. The van der Waals surface area contributed by atoms with Gasteiger partial charge in [-0.15, -0.1) is 5.10 Å². The van der Waals surface area contributed by atoms with Gasteiger partial charge in [-0.2, -0.15) is 0 Å². The molecule has 168 valence electrons. The molecule has 3 heteroatoms. The van der Waals surface area contributed by atoms with E-state index in [-0.39, 0.29) is 0 Å². The lowest BCUT2D eigenvalue weighted by molar-refractivity contribution is 0.469. The molecule has 0 aliphatic carbocycles. The molecule has 0 radical (unpaired) electrons. The number of aromatic nitrogens is 3. The van der Waals surface area contributed by atoms with E-state index in [2.05, 4.69) is 99.6 Å². The smallest absolute Gasteiger partial charge is 0.0829 e. The summed E-state index contributed by atoms with van der Waals surface area (Å²) in [6.45, 7) is 28.0. The summed E-state index contributed by atoms with van der Waals surface area (Å²) in [5.74, 6) is 4.89. The molecule has 0 spiro atoms. The highest BCUT2D eigenvalue weighted by Gasteiger charge is 2.03. The Labute approximate surface area is 178 Å². The van der Waals surface area contributed by atoms with Crippen molar-refractivity contribution in [1.82, 2.24) is 15.0 Å². The minimum absolute atomic E-state index is 0.658. The molecule has 0 fully saturated rings. The molecule has 0 N–H and O–H groups in total. The van der Waals surface area contributed by atoms with Gasteiger partial charge >= 0.3 is 0 Å². The van der Waals surface area contributed by atoms with Gasteiger partial charge in [0.05, 0.1) is 5.69 Å². The van der Waals surface area contributed by atoms with Gasteiger partial charge in [0.1, 0.15) is 0 Å². The van der Waals surface area contributed by atoms with E-state index in [1.54, 1.807) is 0 Å². The molecule has 0 amide bonds. The maximum absolute atomic E-state index is 4.15. The van der Waals surface area contributed by atoms with Crippen LogP contribution in [0, 0.1) is 35.5 Å². The standard InChI is InChI=1S/C11H21N3.2C7H16/c1-9(2)5-6-14-8-11(12-13-14)7-10(3)4;2*1-6(2)5-7(3)4/h8-10H,5-7H2,1-4H3;2*6-7H,5H2,1-4H3. The second-order valence-electron chi connectivity index (χ2n) is 10.8. The highest BCUT2D eigenvalue weighted by atomic mass is 15.4. The molecule has 0 bridgehead atoms. The van der Waals surface area contributed by atoms with E-state index >= 15 is 0 Å². The van der Waals surface area contributed by atoms with Crippen molar-refractivity contribution in [3.05, 3.63) is 11.9 Å². The van der Waals surface area contributed by atoms with Gasteiger partial charge in [-0.3, -0.25) is 4.68 Å². The maximum Gasteiger partial charge on any atom is 0.0829 e. The van der Waals surface area contributed by atoms with Crippen LogP contribution in [0.4, 0.5) is 0 Å². The van der Waals surface area contributed by atoms with Crippen LogP contribution in [0.3, 0.4) is 0 Å². The minimum Gasteiger partial charge on any atom is -0.252 e. The molecular formula is C25H53N3. The van der Waals surface area contributed by atoms with Crippen LogP contribution in [-0.2, 0) is 13.0 Å². The van der Waals surface area contributed by atoms with Gasteiger partial charge in [-0.25, -0.2) is 0 Å². The second-order valence-corrected chi connectivity index (χ2v) is 10.8. The lowest BCUT2D eigenvalue weighted by atomic mass is 10.0. The Kier molecular flexibility index (Phi) is 17.9. The molecule has 0 saturated heterocycles. The van der Waals surface area contributed by atoms with E-state index in [4.69, 9.17) is 0 Å². The SMILES string of the molecule is CC(C)CC(C)C.CC(C)CC(C)C.CC(C)CCn1cc(CC(C)C)nn1. The topological polar surface area (TPSA) is 30.7 Å². The van der Waals surface area contributed by atoms with Crippen LogP contribution in [0.5, 0.6) is 0 Å². The van der Waals surface area contributed by atoms with E-state index in [0.717, 1.165) is 48.2 Å². The van der Waals surface area contributed by atoms with Gasteiger partial charge in [0.15, 0.2) is 0 Å². The molecule has 0 atom stereocenters. The Bertz CT molecular complexity index is 416. The van der Waals surface area contributed by atoms with Crippen molar-refractivity contribution in [1.29, 1.82) is 0 Å². The number of aryl methyl sites for hydroxylation is 1. The summed E-state index contributed by atoms with van der Waals surface area (Å²) in [6, 6.07) is 0. The highest BCUT2D eigenvalue weighted by Crippen LogP contribution is 2.09. The maximum atomic E-state index is 4.15. The lowest BCUT2D eigenvalue weighted by Gasteiger charge is -2.05. The summed E-state index contributed by atoms with van der Waals surface area (Å²) in [5, 5.41) is 8.26. The van der Waals surface area contributed by atoms with Crippen LogP contribution in [-0.4, -0.2) is 15.0 Å². The summed E-state index contributed by atoms with van der Waals surface area (Å²) in [4.78, 5) is 0. The fourth-order valence-electron chi connectivity index (χ4n) is 3.24. The minimum atomic E-state index is 0.658. The van der Waals surface area contributed by atoms with E-state index < -0.39 is 0 Å². The van der Waals surface area contributed by atoms with Gasteiger partial charge in [-0.05, 0) is 61.2 Å². The average molecular weight is 396 g/mol. The molecule has 28 heavy (non-hydrogen) atoms. The Balaban J connectivity index is 0.